The molecular formula is C24H28ClN3O3S2. The molecule has 0 saturated carbocycles. The van der Waals surface area contributed by atoms with Gasteiger partial charge in [-0.25, -0.2) is 8.42 Å². The number of aliphatic imine (C=N–C) groups is 1. The van der Waals surface area contributed by atoms with Crippen LogP contribution in [-0.4, -0.2) is 67.5 Å². The molecule has 0 bridgehead atoms. The number of nitrogens with zero attached hydrogens (tertiary/aromatic N) is 3. The summed E-state index contributed by atoms with van der Waals surface area (Å²) in [5, 5.41) is 3.56. The second-order valence-electron chi connectivity index (χ2n) is 8.54. The first-order valence-electron chi connectivity index (χ1n) is 11.0. The van der Waals surface area contributed by atoms with Crippen LogP contribution in [0.25, 0.3) is 10.8 Å². The van der Waals surface area contributed by atoms with Gasteiger partial charge in [0.25, 0.3) is 0 Å². The first-order chi connectivity index (χ1) is 15.7. The Balaban J connectivity index is 1.33. The van der Waals surface area contributed by atoms with Gasteiger partial charge in [-0.05, 0) is 53.8 Å². The van der Waals surface area contributed by atoms with Crippen molar-refractivity contribution in [2.45, 2.75) is 29.4 Å². The summed E-state index contributed by atoms with van der Waals surface area (Å²) >= 11 is 7.75. The Labute approximate surface area is 204 Å². The zero-order chi connectivity index (χ0) is 23.8. The largest absolute Gasteiger partial charge is 0.343 e. The summed E-state index contributed by atoms with van der Waals surface area (Å²) in [6.45, 7) is 5.51. The van der Waals surface area contributed by atoms with Crippen LogP contribution in [0.15, 0.2) is 58.6 Å². The van der Waals surface area contributed by atoms with Crippen LogP contribution in [0.4, 0.5) is 0 Å². The second-order valence-corrected chi connectivity index (χ2v) is 12.2. The summed E-state index contributed by atoms with van der Waals surface area (Å²) in [6, 6.07) is 10.3. The zero-order valence-corrected chi connectivity index (χ0v) is 21.2. The molecule has 2 fully saturated rings. The molecule has 0 radical (unpaired) electrons. The molecule has 176 valence electrons. The third-order valence-corrected chi connectivity index (χ3v) is 10.0. The lowest BCUT2D eigenvalue weighted by Gasteiger charge is -2.34. The van der Waals surface area contributed by atoms with E-state index in [9.17, 15) is 13.2 Å². The summed E-state index contributed by atoms with van der Waals surface area (Å²) in [4.78, 5) is 21.2. The molecule has 33 heavy (non-hydrogen) atoms. The Morgan fingerprint density at radius 3 is 2.52 bits per heavy atom. The molecule has 0 aliphatic carbocycles. The Hall–Kier alpha value is -2.03. The van der Waals surface area contributed by atoms with Crippen LogP contribution in [0.1, 0.15) is 19.3 Å². The number of amides is 1. The quantitative estimate of drug-likeness (QED) is 0.600. The number of rotatable bonds is 5. The van der Waals surface area contributed by atoms with Gasteiger partial charge in [-0.3, -0.25) is 9.79 Å². The van der Waals surface area contributed by atoms with Gasteiger partial charge < -0.3 is 9.80 Å². The maximum atomic E-state index is 12.9. The van der Waals surface area contributed by atoms with Crippen molar-refractivity contribution >= 4 is 55.0 Å². The minimum Gasteiger partial charge on any atom is -0.343 e. The van der Waals surface area contributed by atoms with Crippen molar-refractivity contribution in [2.24, 2.45) is 10.9 Å². The van der Waals surface area contributed by atoms with E-state index in [1.54, 1.807) is 60.1 Å². The number of halogens is 1. The van der Waals surface area contributed by atoms with Crippen molar-refractivity contribution in [3.63, 3.8) is 0 Å². The number of amidine groups is 1. The number of sulfone groups is 1. The van der Waals surface area contributed by atoms with Crippen LogP contribution in [0.2, 0.25) is 5.02 Å². The van der Waals surface area contributed by atoms with Crippen LogP contribution in [-0.2, 0) is 14.6 Å². The lowest BCUT2D eigenvalue weighted by atomic mass is 9.91. The SMILES string of the molecule is C=C1C(C2CCN(C(=O)CCS(=O)(=O)c3ccc4cc(Cl)ccc4c3)CC2)S/C(=N\C)N1C. The molecule has 2 aromatic rings. The fourth-order valence-electron chi connectivity index (χ4n) is 4.48. The van der Waals surface area contributed by atoms with Gasteiger partial charge in [-0.15, -0.1) is 0 Å². The number of hydrogen-bond donors (Lipinski definition) is 0. The van der Waals surface area contributed by atoms with Crippen molar-refractivity contribution in [3.05, 3.63) is 53.7 Å². The van der Waals surface area contributed by atoms with Gasteiger partial charge in [0.2, 0.25) is 5.91 Å². The van der Waals surface area contributed by atoms with Gasteiger partial charge in [0, 0.05) is 44.3 Å². The summed E-state index contributed by atoms with van der Waals surface area (Å²) in [7, 11) is 0.221. The van der Waals surface area contributed by atoms with Crippen molar-refractivity contribution in [3.8, 4) is 0 Å². The zero-order valence-electron chi connectivity index (χ0n) is 18.8. The molecule has 0 spiro atoms. The lowest BCUT2D eigenvalue weighted by molar-refractivity contribution is -0.132. The minimum absolute atomic E-state index is 0.00802. The highest BCUT2D eigenvalue weighted by Crippen LogP contribution is 2.41. The molecule has 0 N–H and O–H groups in total. The Morgan fingerprint density at radius 2 is 1.85 bits per heavy atom. The van der Waals surface area contributed by atoms with E-state index in [0.29, 0.717) is 24.0 Å². The number of likely N-dealkylation sites (tertiary alicyclic amines) is 1. The average molecular weight is 506 g/mol. The second kappa shape index (κ2) is 9.68. The maximum Gasteiger partial charge on any atom is 0.223 e. The van der Waals surface area contributed by atoms with Crippen LogP contribution in [0, 0.1) is 5.92 Å². The van der Waals surface area contributed by atoms with Crippen LogP contribution in [0.5, 0.6) is 0 Å². The number of thioether (sulfide) groups is 1. The molecule has 1 unspecified atom stereocenters. The molecule has 2 heterocycles. The third kappa shape index (κ3) is 5.08. The van der Waals surface area contributed by atoms with E-state index in [-0.39, 0.29) is 28.2 Å². The number of fused-ring (bicyclic) bond motifs is 1. The number of benzene rings is 2. The summed E-state index contributed by atoms with van der Waals surface area (Å²) in [5.41, 5.74) is 1.06. The summed E-state index contributed by atoms with van der Waals surface area (Å²) in [5.74, 6) is 0.139. The normalized spacial score (nSPS) is 21.4. The molecule has 2 aliphatic heterocycles. The molecule has 2 aromatic carbocycles. The fraction of sp³-hybridized carbons (Fsp3) is 0.417. The van der Waals surface area contributed by atoms with Gasteiger partial charge >= 0.3 is 0 Å². The lowest BCUT2D eigenvalue weighted by Crippen LogP contribution is -2.41. The summed E-state index contributed by atoms with van der Waals surface area (Å²) < 4.78 is 25.7. The molecule has 1 atom stereocenters. The Bertz CT molecular complexity index is 1220. The molecule has 2 aliphatic rings. The topological polar surface area (TPSA) is 70.0 Å². The van der Waals surface area contributed by atoms with E-state index in [1.165, 1.54) is 0 Å². The Morgan fingerprint density at radius 1 is 1.18 bits per heavy atom. The van der Waals surface area contributed by atoms with Gasteiger partial charge in [0.05, 0.1) is 15.9 Å². The highest BCUT2D eigenvalue weighted by atomic mass is 35.5. The predicted octanol–water partition coefficient (Wildman–Crippen LogP) is 4.44. The van der Waals surface area contributed by atoms with E-state index in [4.69, 9.17) is 11.6 Å². The molecule has 9 heteroatoms. The number of carbonyl (C=O) groups is 1. The average Bonchev–Trinajstić information content (AvgIpc) is 3.11. The molecule has 0 aromatic heterocycles. The van der Waals surface area contributed by atoms with Crippen LogP contribution in [0.3, 0.4) is 0 Å². The van der Waals surface area contributed by atoms with E-state index in [0.717, 1.165) is 34.5 Å². The van der Waals surface area contributed by atoms with Crippen molar-refractivity contribution in [1.29, 1.82) is 0 Å². The van der Waals surface area contributed by atoms with Crippen molar-refractivity contribution in [1.82, 2.24) is 9.80 Å². The van der Waals surface area contributed by atoms with E-state index < -0.39 is 9.84 Å². The summed E-state index contributed by atoms with van der Waals surface area (Å²) in [6.07, 6.45) is 1.76. The van der Waals surface area contributed by atoms with Crippen LogP contribution >= 0.6 is 23.4 Å². The van der Waals surface area contributed by atoms with Crippen molar-refractivity contribution < 1.29 is 13.2 Å². The van der Waals surface area contributed by atoms with Gasteiger partial charge in [0.1, 0.15) is 0 Å². The highest BCUT2D eigenvalue weighted by molar-refractivity contribution is 8.14. The number of carbonyl (C=O) groups excluding carboxylic acids is 1. The standard InChI is InChI=1S/C24H28ClN3O3S2/c1-16-23(32-24(26-2)27(16)3)17-8-11-28(12-9-17)22(29)10-13-33(30,31)21-7-5-18-14-20(25)6-4-19(18)15-21/h4-7,14-15,17,23H,1,8-13H2,2-3H3/b26-24-. The molecule has 6 nitrogen and oxygen atoms in total. The smallest absolute Gasteiger partial charge is 0.223 e. The highest BCUT2D eigenvalue weighted by Gasteiger charge is 2.38. The van der Waals surface area contributed by atoms with E-state index in [1.807, 2.05) is 11.9 Å². The van der Waals surface area contributed by atoms with Gasteiger partial charge in [-0.1, -0.05) is 42.1 Å². The third-order valence-electron chi connectivity index (χ3n) is 6.51. The molecule has 2 saturated heterocycles. The predicted molar refractivity (Wildman–Crippen MR) is 137 cm³/mol. The first-order valence-corrected chi connectivity index (χ1v) is 13.9. The first kappa shape index (κ1) is 24.1. The van der Waals surface area contributed by atoms with E-state index >= 15 is 0 Å². The number of hydrogen-bond acceptors (Lipinski definition) is 5. The van der Waals surface area contributed by atoms with Gasteiger partial charge in [-0.2, -0.15) is 0 Å². The fourth-order valence-corrected chi connectivity index (χ4v) is 7.29. The van der Waals surface area contributed by atoms with Crippen LogP contribution < -0.4 is 0 Å². The molecule has 4 rings (SSSR count). The maximum absolute atomic E-state index is 12.9. The van der Waals surface area contributed by atoms with E-state index in [2.05, 4.69) is 11.6 Å². The molecular weight excluding hydrogens is 478 g/mol. The molecule has 1 amide bonds. The van der Waals surface area contributed by atoms with Crippen molar-refractivity contribution in [2.75, 3.05) is 32.9 Å². The van der Waals surface area contributed by atoms with Gasteiger partial charge in [0.15, 0.2) is 15.0 Å². The minimum atomic E-state index is -3.56. The Kier molecular flexibility index (Phi) is 7.07. The number of piperidine rings is 1. The monoisotopic (exact) mass is 505 g/mol.